The molecule has 5 heteroatoms. The molecule has 1 aliphatic heterocycles. The van der Waals surface area contributed by atoms with Crippen LogP contribution in [0.2, 0.25) is 0 Å². The summed E-state index contributed by atoms with van der Waals surface area (Å²) in [6.07, 6.45) is 1.07. The van der Waals surface area contributed by atoms with E-state index >= 15 is 0 Å². The van der Waals surface area contributed by atoms with Gasteiger partial charge in [-0.15, -0.1) is 0 Å². The van der Waals surface area contributed by atoms with Gasteiger partial charge in [-0.3, -0.25) is 19.3 Å². The predicted molar refractivity (Wildman–Crippen MR) is 75.8 cm³/mol. The van der Waals surface area contributed by atoms with E-state index in [4.69, 9.17) is 0 Å². The molecule has 0 radical (unpaired) electrons. The van der Waals surface area contributed by atoms with Gasteiger partial charge in [0.1, 0.15) is 5.78 Å². The van der Waals surface area contributed by atoms with E-state index in [9.17, 15) is 14.4 Å². The average molecular weight is 274 g/mol. The maximum atomic E-state index is 12.1. The Morgan fingerprint density at radius 2 is 1.75 bits per heavy atom. The molecule has 0 unspecified atom stereocenters. The van der Waals surface area contributed by atoms with Crippen LogP contribution in [0.15, 0.2) is 24.3 Å². The van der Waals surface area contributed by atoms with Crippen molar-refractivity contribution in [2.45, 2.75) is 19.8 Å². The van der Waals surface area contributed by atoms with Gasteiger partial charge in [0.05, 0.1) is 6.54 Å². The van der Waals surface area contributed by atoms with Gasteiger partial charge in [-0.1, -0.05) is 0 Å². The third-order valence-corrected chi connectivity index (χ3v) is 3.31. The van der Waals surface area contributed by atoms with Gasteiger partial charge < -0.3 is 5.32 Å². The molecule has 1 amide bonds. The zero-order valence-corrected chi connectivity index (χ0v) is 11.5. The molecule has 1 aromatic rings. The lowest BCUT2D eigenvalue weighted by Gasteiger charge is -2.24. The molecule has 1 aromatic carbocycles. The fourth-order valence-electron chi connectivity index (χ4n) is 2.20. The second-order valence-electron chi connectivity index (χ2n) is 5.00. The van der Waals surface area contributed by atoms with Crippen molar-refractivity contribution >= 4 is 23.2 Å². The summed E-state index contributed by atoms with van der Waals surface area (Å²) < 4.78 is 0. The van der Waals surface area contributed by atoms with E-state index in [0.29, 0.717) is 43.7 Å². The Bertz CT molecular complexity index is 512. The second-order valence-corrected chi connectivity index (χ2v) is 5.00. The van der Waals surface area contributed by atoms with Crippen LogP contribution in [0.3, 0.4) is 0 Å². The Balaban J connectivity index is 1.92. The molecule has 1 heterocycles. The lowest BCUT2D eigenvalue weighted by atomic mass is 10.1. The van der Waals surface area contributed by atoms with Gasteiger partial charge in [-0.2, -0.15) is 0 Å². The minimum absolute atomic E-state index is 0.0359. The summed E-state index contributed by atoms with van der Waals surface area (Å²) in [6.45, 7) is 3.10. The van der Waals surface area contributed by atoms with Gasteiger partial charge in [-0.25, -0.2) is 0 Å². The molecular formula is C15H18N2O3. The first kappa shape index (κ1) is 14.4. The summed E-state index contributed by atoms with van der Waals surface area (Å²) in [5.41, 5.74) is 1.30. The van der Waals surface area contributed by atoms with Gasteiger partial charge in [0, 0.05) is 44.1 Å². The fourth-order valence-corrected chi connectivity index (χ4v) is 2.20. The van der Waals surface area contributed by atoms with E-state index < -0.39 is 0 Å². The van der Waals surface area contributed by atoms with E-state index in [2.05, 4.69) is 5.32 Å². The molecule has 1 N–H and O–H groups in total. The highest BCUT2D eigenvalue weighted by molar-refractivity contribution is 5.98. The lowest BCUT2D eigenvalue weighted by Crippen LogP contribution is -2.37. The molecule has 1 fully saturated rings. The molecule has 20 heavy (non-hydrogen) atoms. The Labute approximate surface area is 118 Å². The standard InChI is InChI=1S/C15H18N2O3/c1-11(18)16-13-4-2-12(3-5-13)15(20)10-17-8-6-14(19)7-9-17/h2-5H,6-10H2,1H3,(H,16,18). The first-order valence-electron chi connectivity index (χ1n) is 6.69. The van der Waals surface area contributed by atoms with Crippen LogP contribution in [-0.4, -0.2) is 42.0 Å². The van der Waals surface area contributed by atoms with Crippen LogP contribution in [0.1, 0.15) is 30.1 Å². The Kier molecular flexibility index (Phi) is 4.63. The van der Waals surface area contributed by atoms with Crippen LogP contribution >= 0.6 is 0 Å². The van der Waals surface area contributed by atoms with E-state index in [0.717, 1.165) is 0 Å². The van der Waals surface area contributed by atoms with Crippen LogP contribution < -0.4 is 5.32 Å². The Morgan fingerprint density at radius 3 is 2.30 bits per heavy atom. The molecule has 5 nitrogen and oxygen atoms in total. The second kappa shape index (κ2) is 6.43. The fraction of sp³-hybridized carbons (Fsp3) is 0.400. The summed E-state index contributed by atoms with van der Waals surface area (Å²) in [7, 11) is 0. The Morgan fingerprint density at radius 1 is 1.15 bits per heavy atom. The summed E-state index contributed by atoms with van der Waals surface area (Å²) in [4.78, 5) is 36.2. The predicted octanol–water partition coefficient (Wildman–Crippen LogP) is 1.49. The van der Waals surface area contributed by atoms with E-state index in [1.807, 2.05) is 4.90 Å². The number of nitrogens with zero attached hydrogens (tertiary/aromatic N) is 1. The highest BCUT2D eigenvalue weighted by atomic mass is 16.1. The SMILES string of the molecule is CC(=O)Nc1ccc(C(=O)CN2CCC(=O)CC2)cc1. The first-order valence-corrected chi connectivity index (χ1v) is 6.69. The quantitative estimate of drug-likeness (QED) is 0.845. The minimum Gasteiger partial charge on any atom is -0.326 e. The molecule has 106 valence electrons. The van der Waals surface area contributed by atoms with Crippen LogP contribution in [0, 0.1) is 0 Å². The topological polar surface area (TPSA) is 66.5 Å². The molecule has 0 aromatic heterocycles. The molecule has 2 rings (SSSR count). The number of hydrogen-bond donors (Lipinski definition) is 1. The van der Waals surface area contributed by atoms with Crippen LogP contribution in [-0.2, 0) is 9.59 Å². The van der Waals surface area contributed by atoms with Crippen LogP contribution in [0.5, 0.6) is 0 Å². The number of ketones is 2. The number of carbonyl (C=O) groups excluding carboxylic acids is 3. The van der Waals surface area contributed by atoms with Crippen molar-refractivity contribution in [3.05, 3.63) is 29.8 Å². The minimum atomic E-state index is -0.137. The van der Waals surface area contributed by atoms with Gasteiger partial charge >= 0.3 is 0 Å². The number of anilines is 1. The van der Waals surface area contributed by atoms with Crippen molar-refractivity contribution < 1.29 is 14.4 Å². The van der Waals surface area contributed by atoms with Gasteiger partial charge in [-0.05, 0) is 24.3 Å². The molecule has 0 bridgehead atoms. The van der Waals surface area contributed by atoms with Crippen molar-refractivity contribution in [3.63, 3.8) is 0 Å². The molecule has 0 atom stereocenters. The highest BCUT2D eigenvalue weighted by Gasteiger charge is 2.18. The van der Waals surface area contributed by atoms with Gasteiger partial charge in [0.15, 0.2) is 5.78 Å². The number of amides is 1. The summed E-state index contributed by atoms with van der Waals surface area (Å²) in [5.74, 6) is 0.171. The van der Waals surface area contributed by atoms with Crippen molar-refractivity contribution in [3.8, 4) is 0 Å². The van der Waals surface area contributed by atoms with Gasteiger partial charge in [0.2, 0.25) is 5.91 Å². The molecule has 1 saturated heterocycles. The van der Waals surface area contributed by atoms with Crippen molar-refractivity contribution in [1.29, 1.82) is 0 Å². The average Bonchev–Trinajstić information content (AvgIpc) is 2.41. The number of benzene rings is 1. The normalized spacial score (nSPS) is 15.9. The molecular weight excluding hydrogens is 256 g/mol. The zero-order valence-electron chi connectivity index (χ0n) is 11.5. The number of Topliss-reactive ketones (excluding diaryl/α,β-unsaturated/α-hetero) is 2. The maximum Gasteiger partial charge on any atom is 0.221 e. The van der Waals surface area contributed by atoms with E-state index in [-0.39, 0.29) is 17.5 Å². The molecule has 1 aliphatic rings. The lowest BCUT2D eigenvalue weighted by molar-refractivity contribution is -0.121. The Hall–Kier alpha value is -2.01. The molecule has 0 saturated carbocycles. The van der Waals surface area contributed by atoms with Crippen molar-refractivity contribution in [2.75, 3.05) is 25.0 Å². The number of hydrogen-bond acceptors (Lipinski definition) is 4. The molecule has 0 spiro atoms. The number of carbonyl (C=O) groups is 3. The summed E-state index contributed by atoms with van der Waals surface area (Å²) >= 11 is 0. The van der Waals surface area contributed by atoms with E-state index in [1.165, 1.54) is 6.92 Å². The largest absolute Gasteiger partial charge is 0.326 e. The number of nitrogens with one attached hydrogen (secondary N) is 1. The monoisotopic (exact) mass is 274 g/mol. The maximum absolute atomic E-state index is 12.1. The van der Waals surface area contributed by atoms with E-state index in [1.54, 1.807) is 24.3 Å². The third-order valence-electron chi connectivity index (χ3n) is 3.31. The van der Waals surface area contributed by atoms with Crippen LogP contribution in [0.4, 0.5) is 5.69 Å². The third kappa shape index (κ3) is 3.99. The van der Waals surface area contributed by atoms with Crippen molar-refractivity contribution in [2.24, 2.45) is 0 Å². The molecule has 0 aliphatic carbocycles. The van der Waals surface area contributed by atoms with Gasteiger partial charge in [0.25, 0.3) is 0 Å². The summed E-state index contributed by atoms with van der Waals surface area (Å²) in [5, 5.41) is 2.66. The number of rotatable bonds is 4. The smallest absolute Gasteiger partial charge is 0.221 e. The van der Waals surface area contributed by atoms with Crippen molar-refractivity contribution in [1.82, 2.24) is 4.90 Å². The summed E-state index contributed by atoms with van der Waals surface area (Å²) in [6, 6.07) is 6.86. The first-order chi connectivity index (χ1) is 9.54. The van der Waals surface area contributed by atoms with Crippen LogP contribution in [0.25, 0.3) is 0 Å². The number of piperidine rings is 1. The highest BCUT2D eigenvalue weighted by Crippen LogP contribution is 2.12. The zero-order chi connectivity index (χ0) is 14.5. The number of likely N-dealkylation sites (tertiary alicyclic amines) is 1.